The van der Waals surface area contributed by atoms with Gasteiger partial charge >= 0.3 is 12.1 Å². The molecule has 4 aliphatic rings. The second kappa shape index (κ2) is 9.61. The number of hydrogen-bond donors (Lipinski definition) is 1. The van der Waals surface area contributed by atoms with E-state index in [0.717, 1.165) is 29.5 Å². The number of fused-ring (bicyclic) bond motifs is 3. The summed E-state index contributed by atoms with van der Waals surface area (Å²) in [5, 5.41) is 9.28. The van der Waals surface area contributed by atoms with Gasteiger partial charge in [-0.15, -0.1) is 0 Å². The average molecular weight is 636 g/mol. The number of pyridine rings is 1. The fraction of sp³-hybridized carbons (Fsp3) is 0.400. The van der Waals surface area contributed by atoms with Crippen LogP contribution in [0.4, 0.5) is 27.6 Å². The van der Waals surface area contributed by atoms with E-state index in [1.54, 1.807) is 6.07 Å². The second-order valence-corrected chi connectivity index (χ2v) is 14.3. The van der Waals surface area contributed by atoms with Crippen LogP contribution in [0.25, 0.3) is 11.1 Å². The van der Waals surface area contributed by atoms with E-state index in [1.807, 2.05) is 4.90 Å². The van der Waals surface area contributed by atoms with E-state index in [4.69, 9.17) is 4.74 Å². The Balaban J connectivity index is 1.10. The fourth-order valence-corrected chi connectivity index (χ4v) is 8.04. The number of benzene rings is 2. The van der Waals surface area contributed by atoms with Crippen molar-refractivity contribution >= 4 is 21.7 Å². The summed E-state index contributed by atoms with van der Waals surface area (Å²) in [7, 11) is -3.28. The normalized spacial score (nSPS) is 23.5. The van der Waals surface area contributed by atoms with Crippen molar-refractivity contribution in [3.63, 3.8) is 0 Å². The highest BCUT2D eigenvalue weighted by Gasteiger charge is 2.60. The van der Waals surface area contributed by atoms with Crippen LogP contribution in [0.2, 0.25) is 0 Å². The third kappa shape index (κ3) is 4.78. The first-order chi connectivity index (χ1) is 20.6. The number of aromatic nitrogens is 1. The molecule has 3 fully saturated rings. The Morgan fingerprint density at radius 2 is 1.80 bits per heavy atom. The van der Waals surface area contributed by atoms with Crippen LogP contribution in [0.3, 0.4) is 0 Å². The van der Waals surface area contributed by atoms with Gasteiger partial charge in [0.1, 0.15) is 18.2 Å². The number of nitrogens with zero attached hydrogens (tertiary/aromatic N) is 3. The molecule has 1 N–H and O–H groups in total. The van der Waals surface area contributed by atoms with Gasteiger partial charge in [0.2, 0.25) is 15.9 Å². The molecule has 1 spiro atoms. The smallest absolute Gasteiger partial charge is 0.417 e. The number of sulfonamides is 1. The molecule has 3 unspecified atom stereocenters. The number of carbonyl (C=O) groups is 1. The first kappa shape index (κ1) is 29.0. The predicted molar refractivity (Wildman–Crippen MR) is 147 cm³/mol. The Morgan fingerprint density at radius 3 is 2.43 bits per heavy atom. The van der Waals surface area contributed by atoms with E-state index >= 15 is 4.39 Å². The molecule has 0 radical (unpaired) electrons. The lowest BCUT2D eigenvalue weighted by Gasteiger charge is -2.60. The molecule has 14 heteroatoms. The number of aliphatic carboxylic acids is 1. The zero-order valence-corrected chi connectivity index (χ0v) is 24.1. The number of anilines is 1. The molecule has 44 heavy (non-hydrogen) atoms. The molecular weight excluding hydrogens is 609 g/mol. The lowest BCUT2D eigenvalue weighted by Crippen LogP contribution is -2.72. The van der Waals surface area contributed by atoms with Crippen LogP contribution in [0.1, 0.15) is 28.2 Å². The lowest BCUT2D eigenvalue weighted by atomic mass is 9.74. The van der Waals surface area contributed by atoms with Crippen molar-refractivity contribution in [2.75, 3.05) is 37.3 Å². The van der Waals surface area contributed by atoms with Gasteiger partial charge in [0.15, 0.2) is 0 Å². The summed E-state index contributed by atoms with van der Waals surface area (Å²) in [5.41, 5.74) is -0.515. The first-order valence-electron chi connectivity index (χ1n) is 13.9. The monoisotopic (exact) mass is 635 g/mol. The first-order valence-corrected chi connectivity index (χ1v) is 15.7. The molecule has 1 aromatic heterocycles. The van der Waals surface area contributed by atoms with Crippen LogP contribution >= 0.6 is 0 Å². The summed E-state index contributed by atoms with van der Waals surface area (Å²) < 4.78 is 103. The Labute approximate surface area is 249 Å². The van der Waals surface area contributed by atoms with E-state index in [2.05, 4.69) is 4.98 Å². The molecule has 2 aliphatic heterocycles. The van der Waals surface area contributed by atoms with Crippen LogP contribution in [-0.2, 0) is 34.0 Å². The predicted octanol–water partition coefficient (Wildman–Crippen LogP) is 4.68. The zero-order chi connectivity index (χ0) is 31.3. The highest BCUT2D eigenvalue weighted by atomic mass is 32.2. The van der Waals surface area contributed by atoms with Crippen LogP contribution in [0.5, 0.6) is 5.88 Å². The quantitative estimate of drug-likeness (QED) is 0.377. The third-order valence-electron chi connectivity index (χ3n) is 9.29. The SMILES string of the molecule is CS(=O)(=O)N1CC2(CN(c3ccc(-c4cc(COc5cc6c(cn5)C5C(C6)C5C(=O)O)c(F)cc4C(F)(F)F)c(F)c3)C2)C1. The molecule has 8 nitrogen and oxygen atoms in total. The molecule has 2 saturated heterocycles. The number of halogens is 5. The van der Waals surface area contributed by atoms with Gasteiger partial charge < -0.3 is 14.7 Å². The maximum atomic E-state index is 15.4. The Hall–Kier alpha value is -3.78. The summed E-state index contributed by atoms with van der Waals surface area (Å²) in [4.78, 5) is 17.3. The minimum atomic E-state index is -4.96. The van der Waals surface area contributed by atoms with E-state index in [1.165, 1.54) is 22.6 Å². The summed E-state index contributed by atoms with van der Waals surface area (Å²) >= 11 is 0. The van der Waals surface area contributed by atoms with Gasteiger partial charge in [0.05, 0.1) is 17.7 Å². The van der Waals surface area contributed by atoms with E-state index < -0.39 is 57.5 Å². The highest BCUT2D eigenvalue weighted by molar-refractivity contribution is 7.88. The van der Waals surface area contributed by atoms with Gasteiger partial charge in [0, 0.05) is 66.6 Å². The van der Waals surface area contributed by atoms with Crippen molar-refractivity contribution in [2.24, 2.45) is 17.3 Å². The summed E-state index contributed by atoms with van der Waals surface area (Å²) in [6, 6.07) is 6.74. The fourth-order valence-electron chi connectivity index (χ4n) is 7.02. The van der Waals surface area contributed by atoms with Crippen molar-refractivity contribution in [3.05, 3.63) is 76.5 Å². The van der Waals surface area contributed by atoms with Gasteiger partial charge in [-0.25, -0.2) is 26.5 Å². The summed E-state index contributed by atoms with van der Waals surface area (Å²) in [5.74, 6) is -3.34. The molecule has 3 aromatic rings. The number of carboxylic acids is 1. The van der Waals surface area contributed by atoms with Crippen molar-refractivity contribution in [1.82, 2.24) is 9.29 Å². The standard InChI is InChI=1S/C30H26F5N3O5S/c1-44(41,42)38-13-29(14-38)11-37(12-29)17-2-3-18(24(32)7-17)19-5-16(23(31)8-22(19)30(33,34)35)10-43-25-6-15-4-20-26(21(15)9-36-25)27(20)28(39)40/h2-3,5-9,20,26-27H,4,10-14H2,1H3,(H,39,40). The van der Waals surface area contributed by atoms with Crippen molar-refractivity contribution in [2.45, 2.75) is 25.1 Å². The second-order valence-electron chi connectivity index (χ2n) is 12.3. The van der Waals surface area contributed by atoms with Crippen LogP contribution < -0.4 is 9.64 Å². The van der Waals surface area contributed by atoms with Crippen LogP contribution in [0, 0.1) is 28.9 Å². The van der Waals surface area contributed by atoms with Gasteiger partial charge in [-0.3, -0.25) is 4.79 Å². The molecule has 1 saturated carbocycles. The summed E-state index contributed by atoms with van der Waals surface area (Å²) in [6.07, 6.45) is -1.76. The molecule has 2 aliphatic carbocycles. The summed E-state index contributed by atoms with van der Waals surface area (Å²) in [6.45, 7) is 1.24. The Morgan fingerprint density at radius 1 is 1.07 bits per heavy atom. The molecule has 2 aromatic carbocycles. The average Bonchev–Trinajstić information content (AvgIpc) is 3.47. The molecule has 0 bridgehead atoms. The Kier molecular flexibility index (Phi) is 6.32. The van der Waals surface area contributed by atoms with Gasteiger partial charge in [0.25, 0.3) is 0 Å². The Bertz CT molecular complexity index is 1820. The van der Waals surface area contributed by atoms with Gasteiger partial charge in [-0.2, -0.15) is 13.2 Å². The zero-order valence-electron chi connectivity index (χ0n) is 23.2. The topological polar surface area (TPSA) is 100 Å². The van der Waals surface area contributed by atoms with E-state index in [-0.39, 0.29) is 34.3 Å². The molecule has 0 amide bonds. The highest BCUT2D eigenvalue weighted by Crippen LogP contribution is 2.61. The third-order valence-corrected chi connectivity index (χ3v) is 10.5. The molecule has 3 atom stereocenters. The minimum absolute atomic E-state index is 0.00130. The van der Waals surface area contributed by atoms with E-state index in [9.17, 15) is 35.9 Å². The minimum Gasteiger partial charge on any atom is -0.481 e. The number of hydrogen-bond acceptors (Lipinski definition) is 6. The van der Waals surface area contributed by atoms with Gasteiger partial charge in [-0.05, 0) is 59.4 Å². The van der Waals surface area contributed by atoms with Crippen LogP contribution in [-0.4, -0.2) is 61.2 Å². The van der Waals surface area contributed by atoms with Gasteiger partial charge in [-0.1, -0.05) is 0 Å². The van der Waals surface area contributed by atoms with Crippen molar-refractivity contribution in [1.29, 1.82) is 0 Å². The molecule has 232 valence electrons. The van der Waals surface area contributed by atoms with Crippen LogP contribution in [0.15, 0.2) is 42.6 Å². The number of rotatable bonds is 7. The molecular formula is C30H26F5N3O5S. The maximum Gasteiger partial charge on any atom is 0.417 e. The largest absolute Gasteiger partial charge is 0.481 e. The number of carboxylic acid groups (broad SMARTS) is 1. The van der Waals surface area contributed by atoms with Crippen molar-refractivity contribution in [3.8, 4) is 17.0 Å². The number of alkyl halides is 3. The number of ether oxygens (including phenoxy) is 1. The lowest BCUT2D eigenvalue weighted by molar-refractivity contribution is -0.139. The molecule has 3 heterocycles. The van der Waals surface area contributed by atoms with Crippen molar-refractivity contribution < 1.29 is 45.0 Å². The van der Waals surface area contributed by atoms with E-state index in [0.29, 0.717) is 44.4 Å². The molecule has 7 rings (SSSR count). The maximum absolute atomic E-state index is 15.4.